The largest absolute Gasteiger partial charge is 0.291 e. The standard InChI is InChI=1S/C11H10N2O2.C9H8N2O.CH4/c1-8(14)13(15)10-6-2-4-9-5-3-7-12-11(9)10;12-11-8-5-1-3-7-4-2-6-10-9(7)8;/h2-7,15H,1H3;1-6,11-12H;1H4. The molecule has 0 spiro atoms. The lowest BCUT2D eigenvalue weighted by molar-refractivity contribution is -0.121. The summed E-state index contributed by atoms with van der Waals surface area (Å²) in [6.07, 6.45) is 3.32. The minimum atomic E-state index is -0.437. The highest BCUT2D eigenvalue weighted by Crippen LogP contribution is 2.23. The molecule has 144 valence electrons. The zero-order chi connectivity index (χ0) is 19.2. The molecule has 0 atom stereocenters. The molecule has 1 amide bonds. The number of benzene rings is 2. The van der Waals surface area contributed by atoms with Crippen LogP contribution in [0.25, 0.3) is 21.8 Å². The van der Waals surface area contributed by atoms with E-state index in [0.29, 0.717) is 22.0 Å². The second-order valence-corrected chi connectivity index (χ2v) is 5.68. The van der Waals surface area contributed by atoms with E-state index in [1.54, 1.807) is 30.6 Å². The van der Waals surface area contributed by atoms with Crippen LogP contribution in [0.3, 0.4) is 0 Å². The summed E-state index contributed by atoms with van der Waals surface area (Å²) >= 11 is 0. The Balaban J connectivity index is 0.000000198. The number of nitrogens with zero attached hydrogens (tertiary/aromatic N) is 3. The summed E-state index contributed by atoms with van der Waals surface area (Å²) in [7, 11) is 0. The van der Waals surface area contributed by atoms with Crippen LogP contribution in [0.5, 0.6) is 0 Å². The van der Waals surface area contributed by atoms with Crippen molar-refractivity contribution in [2.75, 3.05) is 10.5 Å². The number of hydroxylamine groups is 1. The predicted molar refractivity (Wildman–Crippen MR) is 111 cm³/mol. The predicted octanol–water partition coefficient (Wildman–Crippen LogP) is 4.65. The summed E-state index contributed by atoms with van der Waals surface area (Å²) in [6, 6.07) is 18.4. The third-order valence-corrected chi connectivity index (χ3v) is 3.89. The van der Waals surface area contributed by atoms with Gasteiger partial charge in [-0.05, 0) is 24.3 Å². The van der Waals surface area contributed by atoms with E-state index in [4.69, 9.17) is 5.21 Å². The quantitative estimate of drug-likeness (QED) is 0.347. The Labute approximate surface area is 162 Å². The van der Waals surface area contributed by atoms with Crippen LogP contribution in [0.4, 0.5) is 11.4 Å². The molecular formula is C21H22N4O3. The Hall–Kier alpha value is -3.55. The van der Waals surface area contributed by atoms with Crippen molar-refractivity contribution in [1.29, 1.82) is 0 Å². The highest BCUT2D eigenvalue weighted by atomic mass is 16.5. The minimum absolute atomic E-state index is 0. The lowest BCUT2D eigenvalue weighted by Crippen LogP contribution is -2.24. The van der Waals surface area contributed by atoms with Gasteiger partial charge in [0.05, 0.1) is 22.4 Å². The van der Waals surface area contributed by atoms with Gasteiger partial charge in [-0.2, -0.15) is 5.06 Å². The molecule has 0 aliphatic heterocycles. The number of para-hydroxylation sites is 2. The lowest BCUT2D eigenvalue weighted by Gasteiger charge is -2.13. The Morgan fingerprint density at radius 3 is 2.04 bits per heavy atom. The number of carbonyl (C=O) groups is 1. The zero-order valence-corrected chi connectivity index (χ0v) is 14.6. The average molecular weight is 378 g/mol. The number of fused-ring (bicyclic) bond motifs is 2. The Kier molecular flexibility index (Phi) is 6.97. The van der Waals surface area contributed by atoms with Gasteiger partial charge in [0.25, 0.3) is 0 Å². The first-order chi connectivity index (χ1) is 13.1. The molecule has 4 rings (SSSR count). The number of hydrogen-bond acceptors (Lipinski definition) is 6. The maximum Gasteiger partial charge on any atom is 0.247 e. The van der Waals surface area contributed by atoms with Gasteiger partial charge in [0.15, 0.2) is 0 Å². The van der Waals surface area contributed by atoms with Crippen molar-refractivity contribution in [1.82, 2.24) is 9.97 Å². The Morgan fingerprint density at radius 1 is 0.893 bits per heavy atom. The van der Waals surface area contributed by atoms with Crippen LogP contribution in [-0.2, 0) is 4.79 Å². The number of pyridine rings is 2. The number of amides is 1. The number of anilines is 2. The first-order valence-corrected chi connectivity index (χ1v) is 8.19. The summed E-state index contributed by atoms with van der Waals surface area (Å²) in [6.45, 7) is 1.29. The van der Waals surface area contributed by atoms with E-state index in [0.717, 1.165) is 16.3 Å². The monoisotopic (exact) mass is 378 g/mol. The normalized spacial score (nSPS) is 9.82. The van der Waals surface area contributed by atoms with Crippen molar-refractivity contribution in [3.63, 3.8) is 0 Å². The van der Waals surface area contributed by atoms with Crippen molar-refractivity contribution in [3.05, 3.63) is 73.1 Å². The van der Waals surface area contributed by atoms with Gasteiger partial charge in [-0.15, -0.1) is 0 Å². The molecule has 0 aliphatic carbocycles. The van der Waals surface area contributed by atoms with E-state index in [1.165, 1.54) is 6.92 Å². The fraction of sp³-hybridized carbons (Fsp3) is 0.0952. The first kappa shape index (κ1) is 20.8. The molecular weight excluding hydrogens is 356 g/mol. The van der Waals surface area contributed by atoms with Crippen LogP contribution in [0.2, 0.25) is 0 Å². The Bertz CT molecular complexity index is 1070. The lowest BCUT2D eigenvalue weighted by atomic mass is 10.2. The number of carbonyl (C=O) groups excluding carboxylic acids is 1. The van der Waals surface area contributed by atoms with Crippen molar-refractivity contribution in [3.8, 4) is 0 Å². The van der Waals surface area contributed by atoms with Crippen LogP contribution >= 0.6 is 0 Å². The number of aromatic nitrogens is 2. The van der Waals surface area contributed by atoms with Crippen LogP contribution < -0.4 is 10.5 Å². The second kappa shape index (κ2) is 9.40. The van der Waals surface area contributed by atoms with Gasteiger partial charge in [-0.25, -0.2) is 0 Å². The summed E-state index contributed by atoms with van der Waals surface area (Å²) in [5.41, 5.74) is 4.53. The van der Waals surface area contributed by atoms with Gasteiger partial charge in [0, 0.05) is 30.1 Å². The second-order valence-electron chi connectivity index (χ2n) is 5.68. The SMILES string of the molecule is C.CC(=O)N(O)c1cccc2cccnc12.ONc1cccc2cccnc12. The fourth-order valence-corrected chi connectivity index (χ4v) is 2.62. The van der Waals surface area contributed by atoms with E-state index in [9.17, 15) is 10.0 Å². The molecule has 0 saturated heterocycles. The van der Waals surface area contributed by atoms with Crippen LogP contribution in [-0.4, -0.2) is 26.3 Å². The Morgan fingerprint density at radius 2 is 1.43 bits per heavy atom. The summed E-state index contributed by atoms with van der Waals surface area (Å²) < 4.78 is 0. The zero-order valence-electron chi connectivity index (χ0n) is 14.6. The smallest absolute Gasteiger partial charge is 0.247 e. The maximum atomic E-state index is 11.0. The molecule has 0 aliphatic rings. The number of hydrogen-bond donors (Lipinski definition) is 3. The highest BCUT2D eigenvalue weighted by Gasteiger charge is 2.11. The van der Waals surface area contributed by atoms with Gasteiger partial charge in [-0.1, -0.05) is 43.8 Å². The molecule has 3 N–H and O–H groups in total. The van der Waals surface area contributed by atoms with Crippen LogP contribution in [0.15, 0.2) is 73.1 Å². The van der Waals surface area contributed by atoms with E-state index in [-0.39, 0.29) is 7.43 Å². The number of nitrogens with one attached hydrogen (secondary N) is 1. The summed E-state index contributed by atoms with van der Waals surface area (Å²) in [5, 5.41) is 20.8. The van der Waals surface area contributed by atoms with E-state index >= 15 is 0 Å². The van der Waals surface area contributed by atoms with Gasteiger partial charge in [0.1, 0.15) is 0 Å². The molecule has 0 unspecified atom stereocenters. The molecule has 4 aromatic rings. The molecule has 2 aromatic carbocycles. The fourth-order valence-electron chi connectivity index (χ4n) is 2.62. The van der Waals surface area contributed by atoms with Gasteiger partial charge >= 0.3 is 0 Å². The van der Waals surface area contributed by atoms with Gasteiger partial charge in [-0.3, -0.25) is 30.7 Å². The van der Waals surface area contributed by atoms with Crippen molar-refractivity contribution < 1.29 is 15.2 Å². The molecule has 0 saturated carbocycles. The molecule has 2 aromatic heterocycles. The molecule has 2 heterocycles. The van der Waals surface area contributed by atoms with Crippen molar-refractivity contribution in [2.24, 2.45) is 0 Å². The summed E-state index contributed by atoms with van der Waals surface area (Å²) in [5.74, 6) is -0.437. The molecule has 0 radical (unpaired) electrons. The summed E-state index contributed by atoms with van der Waals surface area (Å²) in [4.78, 5) is 19.3. The molecule has 7 heteroatoms. The first-order valence-electron chi connectivity index (χ1n) is 8.19. The van der Waals surface area contributed by atoms with Gasteiger partial charge in [0.2, 0.25) is 5.91 Å². The molecule has 0 bridgehead atoms. The average Bonchev–Trinajstić information content (AvgIpc) is 2.72. The molecule has 0 fully saturated rings. The third kappa shape index (κ3) is 4.40. The topological polar surface area (TPSA) is 98.6 Å². The molecule has 28 heavy (non-hydrogen) atoms. The van der Waals surface area contributed by atoms with E-state index in [1.807, 2.05) is 42.5 Å². The number of rotatable bonds is 2. The van der Waals surface area contributed by atoms with Crippen molar-refractivity contribution in [2.45, 2.75) is 14.4 Å². The van der Waals surface area contributed by atoms with Gasteiger partial charge < -0.3 is 0 Å². The maximum absolute atomic E-state index is 11.0. The van der Waals surface area contributed by atoms with E-state index < -0.39 is 5.91 Å². The highest BCUT2D eigenvalue weighted by molar-refractivity contribution is 5.99. The molecule has 7 nitrogen and oxygen atoms in total. The minimum Gasteiger partial charge on any atom is -0.291 e. The van der Waals surface area contributed by atoms with Crippen molar-refractivity contribution >= 4 is 39.1 Å². The third-order valence-electron chi connectivity index (χ3n) is 3.89. The van der Waals surface area contributed by atoms with E-state index in [2.05, 4.69) is 15.4 Å². The van der Waals surface area contributed by atoms with Crippen LogP contribution in [0.1, 0.15) is 14.4 Å². The van der Waals surface area contributed by atoms with Crippen LogP contribution in [0, 0.1) is 0 Å².